The third kappa shape index (κ3) is 3.10. The topological polar surface area (TPSA) is 57.3 Å². The maximum Gasteiger partial charge on any atom is 0.242 e. The number of hydrogen-bond donors (Lipinski definition) is 2. The van der Waals surface area contributed by atoms with Gasteiger partial charge < -0.3 is 10.6 Å². The van der Waals surface area contributed by atoms with E-state index in [0.717, 1.165) is 10.8 Å². The van der Waals surface area contributed by atoms with Crippen LogP contribution in [0, 0.1) is 5.82 Å². The average molecular weight is 320 g/mol. The van der Waals surface area contributed by atoms with Crippen molar-refractivity contribution >= 4 is 22.4 Å². The van der Waals surface area contributed by atoms with E-state index < -0.39 is 6.04 Å². The van der Waals surface area contributed by atoms with E-state index in [1.54, 1.807) is 12.1 Å². The van der Waals surface area contributed by atoms with Crippen molar-refractivity contribution < 1.29 is 9.18 Å². The summed E-state index contributed by atoms with van der Waals surface area (Å²) in [7, 11) is 1.83. The Hall–Kier alpha value is -1.99. The first-order valence-corrected chi connectivity index (χ1v) is 7.94. The van der Waals surface area contributed by atoms with E-state index in [-0.39, 0.29) is 11.7 Å². The van der Waals surface area contributed by atoms with Crippen molar-refractivity contribution in [1.29, 1.82) is 0 Å². The van der Waals surface area contributed by atoms with Gasteiger partial charge in [0, 0.05) is 32.1 Å². The summed E-state index contributed by atoms with van der Waals surface area (Å²) in [6, 6.07) is 5.74. The lowest BCUT2D eigenvalue weighted by Crippen LogP contribution is -2.49. The first-order chi connectivity index (χ1) is 10.7. The average Bonchev–Trinajstić information content (AvgIpc) is 2.95. The molecule has 0 radical (unpaired) electrons. The maximum absolute atomic E-state index is 13.5. The number of aromatic nitrogens is 1. The fraction of sp³-hybridized carbons (Fsp3) is 0.333. The number of hydrogen-bond acceptors (Lipinski definition) is 5. The van der Waals surface area contributed by atoms with Crippen molar-refractivity contribution in [2.75, 3.05) is 25.5 Å². The number of piperazine rings is 1. The zero-order valence-corrected chi connectivity index (χ0v) is 13.0. The predicted molar refractivity (Wildman–Crippen MR) is 84.2 cm³/mol. The third-order valence-corrected chi connectivity index (χ3v) is 4.52. The normalized spacial score (nSPS) is 19.0. The van der Waals surface area contributed by atoms with Gasteiger partial charge in [0.1, 0.15) is 11.9 Å². The Balaban J connectivity index is 1.85. The summed E-state index contributed by atoms with van der Waals surface area (Å²) < 4.78 is 13.5. The second kappa shape index (κ2) is 6.41. The zero-order chi connectivity index (χ0) is 15.5. The Labute approximate surface area is 132 Å². The molecule has 116 valence electrons. The number of thiazole rings is 1. The van der Waals surface area contributed by atoms with Crippen LogP contribution in [0.25, 0.3) is 0 Å². The monoisotopic (exact) mass is 320 g/mol. The Morgan fingerprint density at radius 2 is 2.41 bits per heavy atom. The molecule has 0 bridgehead atoms. The van der Waals surface area contributed by atoms with E-state index in [9.17, 15) is 9.18 Å². The quantitative estimate of drug-likeness (QED) is 0.905. The molecule has 0 aliphatic carbocycles. The summed E-state index contributed by atoms with van der Waals surface area (Å²) in [5.41, 5.74) is 1.58. The Morgan fingerprint density at radius 1 is 1.55 bits per heavy atom. The summed E-state index contributed by atoms with van der Waals surface area (Å²) >= 11 is 1.53. The van der Waals surface area contributed by atoms with Crippen molar-refractivity contribution in [2.45, 2.75) is 12.6 Å². The van der Waals surface area contributed by atoms with Crippen molar-refractivity contribution in [1.82, 2.24) is 15.2 Å². The first-order valence-electron chi connectivity index (χ1n) is 7.07. The first kappa shape index (κ1) is 14.9. The van der Waals surface area contributed by atoms with E-state index in [1.807, 2.05) is 17.3 Å². The number of rotatable bonds is 4. The van der Waals surface area contributed by atoms with Crippen molar-refractivity contribution in [3.63, 3.8) is 0 Å². The van der Waals surface area contributed by atoms with Crippen LogP contribution in [0.15, 0.2) is 29.6 Å². The third-order valence-electron chi connectivity index (χ3n) is 3.61. The highest BCUT2D eigenvalue weighted by molar-refractivity contribution is 7.13. The molecule has 1 saturated heterocycles. The molecule has 1 atom stereocenters. The summed E-state index contributed by atoms with van der Waals surface area (Å²) in [6.07, 6.45) is 0. The van der Waals surface area contributed by atoms with Gasteiger partial charge >= 0.3 is 0 Å². The molecule has 7 heteroatoms. The van der Waals surface area contributed by atoms with E-state index in [2.05, 4.69) is 15.6 Å². The number of nitrogens with zero attached hydrogens (tertiary/aromatic N) is 2. The van der Waals surface area contributed by atoms with Crippen LogP contribution in [0.3, 0.4) is 0 Å². The summed E-state index contributed by atoms with van der Waals surface area (Å²) in [5.74, 6) is -0.428. The highest BCUT2D eigenvalue weighted by Crippen LogP contribution is 2.26. The van der Waals surface area contributed by atoms with E-state index in [4.69, 9.17) is 0 Å². The molecule has 1 aromatic carbocycles. The molecule has 5 nitrogen and oxygen atoms in total. The molecule has 3 rings (SSSR count). The molecular formula is C15H17FN4OS. The SMILES string of the molecule is CNc1nc(CN2CCNC(=O)C2c2cccc(F)c2)cs1. The van der Waals surface area contributed by atoms with Crippen LogP contribution in [0.1, 0.15) is 17.3 Å². The van der Waals surface area contributed by atoms with Gasteiger partial charge in [0.15, 0.2) is 5.13 Å². The Bertz CT molecular complexity index is 675. The van der Waals surface area contributed by atoms with Gasteiger partial charge in [-0.1, -0.05) is 12.1 Å². The molecule has 1 aliphatic heterocycles. The lowest BCUT2D eigenvalue weighted by atomic mass is 10.0. The lowest BCUT2D eigenvalue weighted by Gasteiger charge is -2.34. The summed E-state index contributed by atoms with van der Waals surface area (Å²) in [5, 5.41) is 8.67. The minimum Gasteiger partial charge on any atom is -0.365 e. The number of halogens is 1. The number of carbonyl (C=O) groups excluding carboxylic acids is 1. The standard InChI is InChI=1S/C15H17FN4OS/c1-17-15-19-12(9-22-15)8-20-6-5-18-14(21)13(20)10-3-2-4-11(16)7-10/h2-4,7,9,13H,5-6,8H2,1H3,(H,17,19)(H,18,21). The molecular weight excluding hydrogens is 303 g/mol. The van der Waals surface area contributed by atoms with E-state index in [1.165, 1.54) is 23.5 Å². The highest BCUT2D eigenvalue weighted by Gasteiger charge is 2.31. The molecule has 1 fully saturated rings. The second-order valence-electron chi connectivity index (χ2n) is 5.11. The molecule has 1 aromatic heterocycles. The number of anilines is 1. The molecule has 0 spiro atoms. The maximum atomic E-state index is 13.5. The van der Waals surface area contributed by atoms with E-state index >= 15 is 0 Å². The zero-order valence-electron chi connectivity index (χ0n) is 12.2. The van der Waals surface area contributed by atoms with Gasteiger partial charge in [0.25, 0.3) is 0 Å². The highest BCUT2D eigenvalue weighted by atomic mass is 32.1. The van der Waals surface area contributed by atoms with Crippen LogP contribution in [0.5, 0.6) is 0 Å². The van der Waals surface area contributed by atoms with Crippen LogP contribution < -0.4 is 10.6 Å². The number of nitrogens with one attached hydrogen (secondary N) is 2. The molecule has 1 aliphatic rings. The van der Waals surface area contributed by atoms with Crippen molar-refractivity contribution in [3.8, 4) is 0 Å². The molecule has 0 saturated carbocycles. The number of carbonyl (C=O) groups is 1. The van der Waals surface area contributed by atoms with Gasteiger partial charge in [-0.3, -0.25) is 9.69 Å². The van der Waals surface area contributed by atoms with Gasteiger partial charge in [-0.05, 0) is 17.7 Å². The summed E-state index contributed by atoms with van der Waals surface area (Å²) in [4.78, 5) is 18.7. The van der Waals surface area contributed by atoms with E-state index in [0.29, 0.717) is 25.2 Å². The molecule has 2 N–H and O–H groups in total. The molecule has 1 unspecified atom stereocenters. The fourth-order valence-corrected chi connectivity index (χ4v) is 3.29. The molecule has 22 heavy (non-hydrogen) atoms. The van der Waals surface area contributed by atoms with Gasteiger partial charge in [-0.2, -0.15) is 0 Å². The molecule has 2 heterocycles. The Morgan fingerprint density at radius 3 is 3.14 bits per heavy atom. The van der Waals surface area contributed by atoms with Crippen molar-refractivity contribution in [3.05, 3.63) is 46.7 Å². The second-order valence-corrected chi connectivity index (χ2v) is 5.97. The van der Waals surface area contributed by atoms with Crippen LogP contribution in [-0.4, -0.2) is 35.9 Å². The smallest absolute Gasteiger partial charge is 0.242 e. The predicted octanol–water partition coefficient (Wildman–Crippen LogP) is 2.00. The van der Waals surface area contributed by atoms with Crippen LogP contribution >= 0.6 is 11.3 Å². The fourth-order valence-electron chi connectivity index (χ4n) is 2.63. The van der Waals surface area contributed by atoms with Crippen LogP contribution in [0.4, 0.5) is 9.52 Å². The largest absolute Gasteiger partial charge is 0.365 e. The minimum atomic E-state index is -0.482. The van der Waals surface area contributed by atoms with Crippen molar-refractivity contribution in [2.24, 2.45) is 0 Å². The Kier molecular flexibility index (Phi) is 4.35. The van der Waals surface area contributed by atoms with Gasteiger partial charge in [-0.15, -0.1) is 11.3 Å². The van der Waals surface area contributed by atoms with Crippen LogP contribution in [-0.2, 0) is 11.3 Å². The number of benzene rings is 1. The molecule has 1 amide bonds. The molecule has 2 aromatic rings. The minimum absolute atomic E-state index is 0.0964. The van der Waals surface area contributed by atoms with Gasteiger partial charge in [0.05, 0.1) is 5.69 Å². The van der Waals surface area contributed by atoms with Crippen LogP contribution in [0.2, 0.25) is 0 Å². The van der Waals surface area contributed by atoms with Gasteiger partial charge in [0.2, 0.25) is 5.91 Å². The lowest BCUT2D eigenvalue weighted by molar-refractivity contribution is -0.129. The number of amides is 1. The summed E-state index contributed by atoms with van der Waals surface area (Å²) in [6.45, 7) is 1.86. The van der Waals surface area contributed by atoms with Gasteiger partial charge in [-0.25, -0.2) is 9.37 Å².